The molecule has 300 valence electrons. The van der Waals surface area contributed by atoms with Crippen LogP contribution in [0.5, 0.6) is 5.88 Å². The van der Waals surface area contributed by atoms with Gasteiger partial charge in [0.05, 0.1) is 23.2 Å². The number of nitrogens with zero attached hydrogens (tertiary/aromatic N) is 3. The highest BCUT2D eigenvalue weighted by Crippen LogP contribution is 2.51. The molecule has 4 aliphatic rings. The van der Waals surface area contributed by atoms with Gasteiger partial charge >= 0.3 is 6.09 Å². The molecule has 2 saturated carbocycles. The zero-order valence-corrected chi connectivity index (χ0v) is 32.8. The highest BCUT2D eigenvalue weighted by Gasteiger charge is 2.65. The molecule has 3 heterocycles. The molecular weight excluding hydrogens is 727 g/mol. The standard InChI is InChI=1S/C37H54F2N6O8S/c1-7-9-13-27-22(3)40-26(8-2)31(41-27)52-24-18-29-30(46)43-37(33(48)44-54(50,51)25-15-16-25)20-23(37)19-36(38,39)17-12-10-11-14-28(32(47)45(29)21-24)42-34(49)53-35(4,5)6/h7,9,23-25,28-29H,8,10-21H2,1-6H3,(H,42,49)(H,43,46)(H,44,48). The Balaban J connectivity index is 1.49. The molecular formula is C37H54F2N6O8S. The molecule has 0 radical (unpaired) electrons. The van der Waals surface area contributed by atoms with Gasteiger partial charge < -0.3 is 25.0 Å². The Morgan fingerprint density at radius 1 is 1.07 bits per heavy atom. The minimum atomic E-state index is -4.07. The van der Waals surface area contributed by atoms with E-state index < -0.39 is 93.1 Å². The molecule has 0 bridgehead atoms. The van der Waals surface area contributed by atoms with Crippen molar-refractivity contribution in [1.82, 2.24) is 30.2 Å². The fourth-order valence-electron chi connectivity index (χ4n) is 7.19. The van der Waals surface area contributed by atoms with Crippen molar-refractivity contribution in [3.8, 4) is 5.88 Å². The number of sulfonamides is 1. The van der Waals surface area contributed by atoms with Crippen LogP contribution in [0.15, 0.2) is 12.2 Å². The molecule has 2 aliphatic heterocycles. The fraction of sp³-hybridized carbons (Fsp3) is 0.730. The minimum absolute atomic E-state index is 0.0709. The van der Waals surface area contributed by atoms with Gasteiger partial charge in [-0.2, -0.15) is 0 Å². The molecule has 5 rings (SSSR count). The molecule has 4 fully saturated rings. The van der Waals surface area contributed by atoms with Crippen LogP contribution in [0.4, 0.5) is 13.6 Å². The van der Waals surface area contributed by atoms with Crippen molar-refractivity contribution >= 4 is 33.8 Å². The maximum absolute atomic E-state index is 15.3. The largest absolute Gasteiger partial charge is 0.471 e. The number of alkyl carbamates (subject to hydrolysis) is 1. The van der Waals surface area contributed by atoms with E-state index in [0.29, 0.717) is 49.9 Å². The highest BCUT2D eigenvalue weighted by atomic mass is 32.2. The van der Waals surface area contributed by atoms with Gasteiger partial charge in [-0.1, -0.05) is 31.9 Å². The number of nitrogens with one attached hydrogen (secondary N) is 3. The predicted octanol–water partition coefficient (Wildman–Crippen LogP) is 4.18. The summed E-state index contributed by atoms with van der Waals surface area (Å²) in [5, 5.41) is 4.50. The molecule has 14 nitrogen and oxygen atoms in total. The lowest BCUT2D eigenvalue weighted by Crippen LogP contribution is -2.58. The van der Waals surface area contributed by atoms with Crippen LogP contribution in [0.1, 0.15) is 116 Å². The van der Waals surface area contributed by atoms with E-state index in [-0.39, 0.29) is 38.1 Å². The second-order valence-electron chi connectivity index (χ2n) is 16.0. The minimum Gasteiger partial charge on any atom is -0.471 e. The maximum atomic E-state index is 15.3. The average molecular weight is 781 g/mol. The van der Waals surface area contributed by atoms with E-state index in [0.717, 1.165) is 5.69 Å². The van der Waals surface area contributed by atoms with E-state index >= 15 is 8.78 Å². The number of amides is 4. The summed E-state index contributed by atoms with van der Waals surface area (Å²) in [7, 11) is -4.07. The van der Waals surface area contributed by atoms with Crippen molar-refractivity contribution in [3.63, 3.8) is 0 Å². The van der Waals surface area contributed by atoms with E-state index in [9.17, 15) is 27.6 Å². The van der Waals surface area contributed by atoms with E-state index in [1.807, 2.05) is 37.6 Å². The molecule has 1 aromatic heterocycles. The molecule has 3 N–H and O–H groups in total. The lowest BCUT2D eigenvalue weighted by Gasteiger charge is -2.30. The SMILES string of the molecule is CC=CCc1nc(OC2CC3C(=O)NC4(C(=O)NS(=O)(=O)C5CC5)CC4CC(F)(F)CCCCCC(NC(=O)OC(C)(C)C)C(=O)N3C2)c(CC)nc1C. The van der Waals surface area contributed by atoms with Gasteiger partial charge in [0.1, 0.15) is 35.0 Å². The van der Waals surface area contributed by atoms with Crippen LogP contribution in [0, 0.1) is 12.8 Å². The Morgan fingerprint density at radius 3 is 2.44 bits per heavy atom. The Labute approximate surface area is 316 Å². The predicted molar refractivity (Wildman–Crippen MR) is 194 cm³/mol. The average Bonchev–Trinajstić information content (AvgIpc) is 3.99. The first-order chi connectivity index (χ1) is 25.3. The first kappa shape index (κ1) is 41.3. The van der Waals surface area contributed by atoms with Crippen molar-refractivity contribution in [2.75, 3.05) is 6.54 Å². The van der Waals surface area contributed by atoms with Crippen molar-refractivity contribution in [2.45, 2.75) is 159 Å². The van der Waals surface area contributed by atoms with Crippen LogP contribution in [0.3, 0.4) is 0 Å². The van der Waals surface area contributed by atoms with E-state index in [2.05, 4.69) is 15.6 Å². The Hall–Kier alpha value is -3.89. The normalized spacial score (nSPS) is 27.9. The Bertz CT molecular complexity index is 1750. The van der Waals surface area contributed by atoms with E-state index in [1.54, 1.807) is 20.8 Å². The second kappa shape index (κ2) is 16.1. The zero-order chi connectivity index (χ0) is 39.6. The van der Waals surface area contributed by atoms with Gasteiger partial charge in [-0.05, 0) is 79.1 Å². The third kappa shape index (κ3) is 10.0. The quantitative estimate of drug-likeness (QED) is 0.307. The van der Waals surface area contributed by atoms with Gasteiger partial charge in [-0.25, -0.2) is 27.0 Å². The number of halogens is 2. The first-order valence-corrected chi connectivity index (χ1v) is 20.5. The van der Waals surface area contributed by atoms with E-state index in [1.165, 1.54) is 4.90 Å². The number of aryl methyl sites for hydroxylation is 2. The number of rotatable bonds is 9. The molecule has 5 atom stereocenters. The summed E-state index contributed by atoms with van der Waals surface area (Å²) in [4.78, 5) is 66.1. The molecule has 5 unspecified atom stereocenters. The molecule has 2 saturated heterocycles. The topological polar surface area (TPSA) is 186 Å². The third-order valence-electron chi connectivity index (χ3n) is 10.3. The van der Waals surface area contributed by atoms with Gasteiger partial charge in [0.25, 0.3) is 5.91 Å². The zero-order valence-electron chi connectivity index (χ0n) is 32.0. The molecule has 54 heavy (non-hydrogen) atoms. The molecule has 2 aliphatic carbocycles. The van der Waals surface area contributed by atoms with Crippen LogP contribution in [-0.4, -0.2) is 94.1 Å². The summed E-state index contributed by atoms with van der Waals surface area (Å²) >= 11 is 0. The third-order valence-corrected chi connectivity index (χ3v) is 12.2. The number of hydrogen-bond acceptors (Lipinski definition) is 10. The Morgan fingerprint density at radius 2 is 1.80 bits per heavy atom. The molecule has 17 heteroatoms. The number of carbonyl (C=O) groups is 4. The lowest BCUT2D eigenvalue weighted by atomic mass is 10.00. The smallest absolute Gasteiger partial charge is 0.408 e. The number of fused-ring (bicyclic) bond motifs is 2. The summed E-state index contributed by atoms with van der Waals surface area (Å²) in [5.74, 6) is -6.51. The monoisotopic (exact) mass is 780 g/mol. The molecule has 0 aromatic carbocycles. The van der Waals surface area contributed by atoms with Gasteiger partial charge in [-0.3, -0.25) is 24.1 Å². The van der Waals surface area contributed by atoms with Gasteiger partial charge in [0.2, 0.25) is 33.6 Å². The summed E-state index contributed by atoms with van der Waals surface area (Å²) in [5.41, 5.74) is -0.804. The molecule has 1 aromatic rings. The number of alkyl halides is 2. The van der Waals surface area contributed by atoms with Gasteiger partial charge in [0, 0.05) is 25.7 Å². The first-order valence-electron chi connectivity index (χ1n) is 19.0. The lowest BCUT2D eigenvalue weighted by molar-refractivity contribution is -0.141. The van der Waals surface area contributed by atoms with Crippen molar-refractivity contribution in [2.24, 2.45) is 5.92 Å². The summed E-state index contributed by atoms with van der Waals surface area (Å²) in [6.07, 6.45) is 3.23. The molecule has 0 spiro atoms. The summed E-state index contributed by atoms with van der Waals surface area (Å²) in [6, 6.07) is -2.44. The van der Waals surface area contributed by atoms with Gasteiger partial charge in [0.15, 0.2) is 0 Å². The van der Waals surface area contributed by atoms with Crippen LogP contribution < -0.4 is 20.1 Å². The van der Waals surface area contributed by atoms with Crippen molar-refractivity contribution in [1.29, 1.82) is 0 Å². The highest BCUT2D eigenvalue weighted by molar-refractivity contribution is 7.91. The summed E-state index contributed by atoms with van der Waals surface area (Å²) < 4.78 is 70.1. The van der Waals surface area contributed by atoms with Gasteiger partial charge in [-0.15, -0.1) is 0 Å². The van der Waals surface area contributed by atoms with Crippen molar-refractivity contribution in [3.05, 3.63) is 29.2 Å². The van der Waals surface area contributed by atoms with Crippen LogP contribution in [0.25, 0.3) is 0 Å². The fourth-order valence-corrected chi connectivity index (χ4v) is 8.55. The van der Waals surface area contributed by atoms with Crippen LogP contribution in [-0.2, 0) is 42.0 Å². The maximum Gasteiger partial charge on any atom is 0.408 e. The summed E-state index contributed by atoms with van der Waals surface area (Å²) in [6.45, 7) is 10.5. The number of allylic oxidation sites excluding steroid dienone is 2. The van der Waals surface area contributed by atoms with Crippen LogP contribution >= 0.6 is 0 Å². The number of carbonyl (C=O) groups excluding carboxylic acids is 4. The van der Waals surface area contributed by atoms with E-state index in [4.69, 9.17) is 14.5 Å². The number of hydrogen-bond donors (Lipinski definition) is 3. The Kier molecular flexibility index (Phi) is 12.3. The molecule has 4 amide bonds. The van der Waals surface area contributed by atoms with Crippen LogP contribution in [0.2, 0.25) is 0 Å². The number of ether oxygens (including phenoxy) is 2. The number of aromatic nitrogens is 2. The second-order valence-corrected chi connectivity index (χ2v) is 18.0. The van der Waals surface area contributed by atoms with Crippen molar-refractivity contribution < 1.29 is 45.9 Å².